The number of nitrogens with two attached hydrogens (primary N) is 1. The van der Waals surface area contributed by atoms with Crippen molar-refractivity contribution in [2.24, 2.45) is 23.5 Å². The van der Waals surface area contributed by atoms with E-state index >= 15 is 0 Å². The number of H-pyrrole nitrogens is 3. The number of para-hydroxylation sites is 3. The highest BCUT2D eigenvalue weighted by molar-refractivity contribution is 6.34. The van der Waals surface area contributed by atoms with Crippen molar-refractivity contribution in [1.29, 1.82) is 0 Å². The number of rotatable bonds is 28. The molecule has 29 nitrogen and oxygen atoms in total. The second-order valence-corrected chi connectivity index (χ2v) is 38.1. The monoisotopic (exact) mass is 1900 g/mol. The second-order valence-electron chi connectivity index (χ2n) is 36.9. The summed E-state index contributed by atoms with van der Waals surface area (Å²) in [5, 5.41) is 23.7. The molecule has 0 bridgehead atoms. The van der Waals surface area contributed by atoms with Gasteiger partial charge in [0.25, 0.3) is 0 Å². The summed E-state index contributed by atoms with van der Waals surface area (Å²) in [6, 6.07) is 45.8. The SMILES string of the molecule is C=CC(=O)Cc1ccc(CCC(=O)[C@@H]2C[C@@H](Nc3ncc(Cl)c(-c4c[nH]c5ccccc45)n3)CN(C(=O)OC(C)(C)C)C2)cc1.C=CC(=O)Cc1ccc(CCC(=O)[C@@H]2C[C@H](Nc3ncc(Cl)c(-c4c[nH]c5ccccc45)n3)CN(C(=O)OC(C)(C)C)C2)cc1.C=CC(=O)Cc1ccc(CN)cc1.CC(C)(C)OC(=O)N1CC(Nc2ncc(Cl)c(-c3c[nH]c4ccccc34)n2)CC(C(=O)O)C1. The summed E-state index contributed by atoms with van der Waals surface area (Å²) in [6.07, 6.45) is 16.9. The Bertz CT molecular complexity index is 6060. The fourth-order valence-corrected chi connectivity index (χ4v) is 16.7. The lowest BCUT2D eigenvalue weighted by Gasteiger charge is -2.38. The van der Waals surface area contributed by atoms with Gasteiger partial charge in [-0.1, -0.05) is 182 Å². The zero-order chi connectivity index (χ0) is 97.7. The van der Waals surface area contributed by atoms with Gasteiger partial charge in [0.2, 0.25) is 17.8 Å². The predicted molar refractivity (Wildman–Crippen MR) is 531 cm³/mol. The van der Waals surface area contributed by atoms with E-state index < -0.39 is 58.8 Å². The average Bonchev–Trinajstić information content (AvgIpc) is 1.61. The van der Waals surface area contributed by atoms with Gasteiger partial charge in [0.1, 0.15) is 28.4 Å². The van der Waals surface area contributed by atoms with E-state index in [0.29, 0.717) is 134 Å². The van der Waals surface area contributed by atoms with E-state index in [1.807, 2.05) is 206 Å². The van der Waals surface area contributed by atoms with Crippen molar-refractivity contribution >= 4 is 139 Å². The molecule has 12 aromatic rings. The van der Waals surface area contributed by atoms with Crippen LogP contribution in [0.4, 0.5) is 32.2 Å². The maximum Gasteiger partial charge on any atom is 0.410 e. The molecule has 9 heterocycles. The standard InChI is InChI=1S/2C35H38ClN5O4.C23H26ClN5O4.C11H13NO/c2*1-5-26(42)16-23-12-10-22(11-13-23)14-15-31(43)24-17-25(21-41(20-24)34(44)45-35(2,3)4)39-33-38-19-29(36)32(40-33)28-18-37-30-9-7-6-8-27(28)30;1-23(2,3)33-22(32)29-11-13(20(30)31)8-14(12-29)27-21-26-10-17(24)19(28-21)16-9-25-18-7-5-4-6-15(16)18;1-2-11(13)7-9-3-5-10(8-12)6-4-9/h2*5-13,18-19,24-25,37H,1,14-17,20-21H2,2-4H3,(H,38,39,40);4-7,9-10,13-14,25H,8,11-12H2,1-3H3,(H,30,31)(H,26,27,28);2-6H,1,7-8,12H2/t24-,25+;24-,25-;;/m11../s1. The third kappa shape index (κ3) is 28.7. The summed E-state index contributed by atoms with van der Waals surface area (Å²) >= 11 is 19.5. The molecule has 3 aliphatic rings. The first-order valence-electron chi connectivity index (χ1n) is 45.0. The topological polar surface area (TPSA) is 398 Å². The number of amides is 3. The van der Waals surface area contributed by atoms with Crippen LogP contribution in [0, 0.1) is 17.8 Å². The van der Waals surface area contributed by atoms with E-state index in [-0.39, 0.29) is 73.2 Å². The highest BCUT2D eigenvalue weighted by atomic mass is 35.5. The number of aromatic amines is 3. The Labute approximate surface area is 805 Å². The molecule has 6 atom stereocenters. The highest BCUT2D eigenvalue weighted by Gasteiger charge is 2.40. The molecular weight excluding hydrogens is 1790 g/mol. The van der Waals surface area contributed by atoms with Gasteiger partial charge in [0.05, 0.1) is 56.7 Å². The first kappa shape index (κ1) is 101. The van der Waals surface area contributed by atoms with Crippen LogP contribution in [-0.4, -0.2) is 192 Å². The van der Waals surface area contributed by atoms with Crippen LogP contribution < -0.4 is 21.7 Å². The molecule has 15 rings (SSSR count). The molecule has 0 saturated carbocycles. The summed E-state index contributed by atoms with van der Waals surface area (Å²) < 4.78 is 16.8. The number of carboxylic acid groups (broad SMARTS) is 1. The fourth-order valence-electron chi connectivity index (χ4n) is 16.1. The number of benzene rings is 6. The number of ketones is 5. The number of aryl methyl sites for hydroxylation is 2. The summed E-state index contributed by atoms with van der Waals surface area (Å²) in [5.74, 6) is -1.36. The molecule has 0 spiro atoms. The van der Waals surface area contributed by atoms with Gasteiger partial charge >= 0.3 is 24.2 Å². The zero-order valence-electron chi connectivity index (χ0n) is 77.7. The molecule has 136 heavy (non-hydrogen) atoms. The number of piperidine rings is 3. The molecule has 3 aliphatic heterocycles. The largest absolute Gasteiger partial charge is 0.481 e. The number of nitrogens with zero attached hydrogens (tertiary/aromatic N) is 9. The van der Waals surface area contributed by atoms with Crippen molar-refractivity contribution in [3.8, 4) is 33.8 Å². The van der Waals surface area contributed by atoms with Crippen molar-refractivity contribution in [2.75, 3.05) is 55.2 Å². The molecule has 0 aliphatic carbocycles. The van der Waals surface area contributed by atoms with Gasteiger partial charge in [-0.3, -0.25) is 28.8 Å². The Kier molecular flexibility index (Phi) is 34.2. The molecular formula is C104H115Cl3N16O13. The Hall–Kier alpha value is -13.7. The maximum atomic E-state index is 13.5. The van der Waals surface area contributed by atoms with Crippen LogP contribution in [-0.2, 0) is 81.6 Å². The number of aromatic nitrogens is 9. The van der Waals surface area contributed by atoms with Crippen molar-refractivity contribution in [3.63, 3.8) is 0 Å². The predicted octanol–water partition coefficient (Wildman–Crippen LogP) is 19.5. The number of allylic oxidation sites excluding steroid dienone is 3. The van der Waals surface area contributed by atoms with E-state index in [2.05, 4.69) is 70.6 Å². The summed E-state index contributed by atoms with van der Waals surface area (Å²) in [4.78, 5) is 154. The molecule has 3 saturated heterocycles. The number of carbonyl (C=O) groups is 9. The first-order valence-corrected chi connectivity index (χ1v) is 46.2. The molecule has 6 aromatic carbocycles. The lowest BCUT2D eigenvalue weighted by molar-refractivity contribution is -0.143. The molecule has 6 aromatic heterocycles. The number of hydrogen-bond donors (Lipinski definition) is 8. The number of carbonyl (C=O) groups excluding carboxylic acids is 8. The smallest absolute Gasteiger partial charge is 0.410 e. The van der Waals surface area contributed by atoms with Gasteiger partial charge < -0.3 is 70.7 Å². The Morgan fingerprint density at radius 1 is 0.412 bits per heavy atom. The number of hydrogen-bond acceptors (Lipinski definition) is 22. The number of carboxylic acids is 1. The first-order chi connectivity index (χ1) is 64.8. The third-order valence-electron chi connectivity index (χ3n) is 22.8. The van der Waals surface area contributed by atoms with Crippen molar-refractivity contribution in [3.05, 3.63) is 269 Å². The normalized spacial score (nSPS) is 16.6. The fraction of sp³-hybridized carbons (Fsp3) is 0.337. The number of anilines is 3. The average molecular weight is 1900 g/mol. The van der Waals surface area contributed by atoms with Crippen LogP contribution >= 0.6 is 34.8 Å². The maximum absolute atomic E-state index is 13.5. The van der Waals surface area contributed by atoms with Gasteiger partial charge in [-0.05, 0) is 164 Å². The van der Waals surface area contributed by atoms with Crippen molar-refractivity contribution in [2.45, 2.75) is 168 Å². The van der Waals surface area contributed by atoms with Crippen LogP contribution in [0.1, 0.15) is 128 Å². The molecule has 3 amide bonds. The minimum absolute atomic E-state index is 0.0360. The molecule has 2 unspecified atom stereocenters. The highest BCUT2D eigenvalue weighted by Crippen LogP contribution is 2.38. The number of fused-ring (bicyclic) bond motifs is 3. The second kappa shape index (κ2) is 46.0. The third-order valence-corrected chi connectivity index (χ3v) is 23.6. The molecule has 0 radical (unpaired) electrons. The van der Waals surface area contributed by atoms with E-state index in [4.69, 9.17) is 64.7 Å². The van der Waals surface area contributed by atoms with E-state index in [9.17, 15) is 48.3 Å². The van der Waals surface area contributed by atoms with Gasteiger partial charge in [-0.15, -0.1) is 0 Å². The van der Waals surface area contributed by atoms with Crippen LogP contribution in [0.5, 0.6) is 0 Å². The summed E-state index contributed by atoms with van der Waals surface area (Å²) in [7, 11) is 0. The molecule has 9 N–H and O–H groups in total. The quantitative estimate of drug-likeness (QED) is 0.0167. The van der Waals surface area contributed by atoms with Crippen molar-refractivity contribution in [1.82, 2.24) is 59.6 Å². The number of ether oxygens (including phenoxy) is 3. The van der Waals surface area contributed by atoms with E-state index in [0.717, 1.165) is 82.8 Å². The Balaban J connectivity index is 0.000000173. The minimum atomic E-state index is -0.966. The van der Waals surface area contributed by atoms with Crippen LogP contribution in [0.3, 0.4) is 0 Å². The molecule has 3 fully saturated rings. The van der Waals surface area contributed by atoms with Gasteiger partial charge in [-0.25, -0.2) is 44.3 Å². The number of Topliss-reactive ketones (excluding diaryl/α,β-unsaturated/α-hetero) is 2. The molecule has 32 heteroatoms. The van der Waals surface area contributed by atoms with Gasteiger partial charge in [-0.2, -0.15) is 0 Å². The summed E-state index contributed by atoms with van der Waals surface area (Å²) in [5.41, 5.74) is 16.5. The lowest BCUT2D eigenvalue weighted by Crippen LogP contribution is -2.52. The molecule has 710 valence electrons. The van der Waals surface area contributed by atoms with Crippen molar-refractivity contribution < 1.29 is 62.5 Å². The van der Waals surface area contributed by atoms with E-state index in [1.165, 1.54) is 29.3 Å². The minimum Gasteiger partial charge on any atom is -0.481 e. The van der Waals surface area contributed by atoms with Crippen LogP contribution in [0.15, 0.2) is 221 Å². The zero-order valence-corrected chi connectivity index (χ0v) is 80.0. The number of likely N-dealkylation sites (tertiary alicyclic amines) is 3. The Morgan fingerprint density at radius 2 is 0.684 bits per heavy atom. The number of nitrogens with one attached hydrogen (secondary N) is 6. The van der Waals surface area contributed by atoms with Gasteiger partial charge in [0.15, 0.2) is 17.3 Å². The lowest BCUT2D eigenvalue weighted by atomic mass is 9.88. The van der Waals surface area contributed by atoms with Crippen LogP contribution in [0.2, 0.25) is 15.1 Å². The Morgan fingerprint density at radius 3 is 0.963 bits per heavy atom. The van der Waals surface area contributed by atoms with Crippen LogP contribution in [0.25, 0.3) is 66.5 Å². The number of aliphatic carboxylic acids is 1. The van der Waals surface area contributed by atoms with Gasteiger partial charge in [0, 0.05) is 176 Å². The van der Waals surface area contributed by atoms with E-state index in [1.54, 1.807) is 43.0 Å². The summed E-state index contributed by atoms with van der Waals surface area (Å²) in [6.45, 7) is 28.8. The number of halogens is 3.